The molecule has 1 aliphatic heterocycles. The van der Waals surface area contributed by atoms with Gasteiger partial charge in [0.2, 0.25) is 11.9 Å². The van der Waals surface area contributed by atoms with Crippen LogP contribution in [0.3, 0.4) is 0 Å². The molecule has 6 heteroatoms. The Morgan fingerprint density at radius 1 is 1.41 bits per heavy atom. The highest BCUT2D eigenvalue weighted by atomic mass is 16.1. The van der Waals surface area contributed by atoms with Crippen molar-refractivity contribution in [3.8, 4) is 0 Å². The van der Waals surface area contributed by atoms with Crippen LogP contribution < -0.4 is 11.1 Å². The third kappa shape index (κ3) is 3.67. The van der Waals surface area contributed by atoms with Crippen LogP contribution in [0, 0.1) is 0 Å². The van der Waals surface area contributed by atoms with E-state index in [2.05, 4.69) is 20.2 Å². The fraction of sp³-hybridized carbons (Fsp3) is 0.545. The van der Waals surface area contributed by atoms with Gasteiger partial charge in [-0.1, -0.05) is 0 Å². The molecule has 1 saturated heterocycles. The lowest BCUT2D eigenvalue weighted by atomic mass is 10.1. The number of nitrogens with zero attached hydrogens (tertiary/aromatic N) is 3. The maximum atomic E-state index is 10.8. The SMILES string of the molecule is NC(=O)CN1CCC(Nc2ncccn2)CC1. The summed E-state index contributed by atoms with van der Waals surface area (Å²) in [6.45, 7) is 2.12. The highest BCUT2D eigenvalue weighted by Crippen LogP contribution is 2.13. The van der Waals surface area contributed by atoms with E-state index >= 15 is 0 Å². The first-order valence-electron chi connectivity index (χ1n) is 5.78. The van der Waals surface area contributed by atoms with E-state index in [4.69, 9.17) is 5.73 Å². The number of primary amides is 1. The summed E-state index contributed by atoms with van der Waals surface area (Å²) < 4.78 is 0. The summed E-state index contributed by atoms with van der Waals surface area (Å²) in [6.07, 6.45) is 5.40. The van der Waals surface area contributed by atoms with Crippen LogP contribution in [0.4, 0.5) is 5.95 Å². The monoisotopic (exact) mass is 235 g/mol. The van der Waals surface area contributed by atoms with E-state index in [1.807, 2.05) is 0 Å². The number of rotatable bonds is 4. The zero-order chi connectivity index (χ0) is 12.1. The van der Waals surface area contributed by atoms with Gasteiger partial charge in [-0.15, -0.1) is 0 Å². The molecule has 0 aliphatic carbocycles. The second kappa shape index (κ2) is 5.58. The molecule has 0 spiro atoms. The van der Waals surface area contributed by atoms with Crippen molar-refractivity contribution >= 4 is 11.9 Å². The Labute approximate surface area is 100 Å². The number of anilines is 1. The van der Waals surface area contributed by atoms with Gasteiger partial charge in [-0.2, -0.15) is 0 Å². The number of hydrogen-bond donors (Lipinski definition) is 2. The lowest BCUT2D eigenvalue weighted by Crippen LogP contribution is -2.43. The molecule has 2 heterocycles. The molecule has 1 fully saturated rings. The topological polar surface area (TPSA) is 84.1 Å². The number of nitrogens with one attached hydrogen (secondary N) is 1. The summed E-state index contributed by atoms with van der Waals surface area (Å²) in [5, 5.41) is 3.29. The standard InChI is InChI=1S/C11H17N5O/c12-10(17)8-16-6-2-9(3-7-16)15-11-13-4-1-5-14-11/h1,4-5,9H,2-3,6-8H2,(H2,12,17)(H,13,14,15). The van der Waals surface area contributed by atoms with E-state index in [1.165, 1.54) is 0 Å². The van der Waals surface area contributed by atoms with Crippen molar-refractivity contribution in [3.63, 3.8) is 0 Å². The molecule has 0 atom stereocenters. The van der Waals surface area contributed by atoms with Gasteiger partial charge in [-0.3, -0.25) is 9.69 Å². The van der Waals surface area contributed by atoms with E-state index in [-0.39, 0.29) is 5.91 Å². The number of likely N-dealkylation sites (tertiary alicyclic amines) is 1. The molecule has 0 aromatic carbocycles. The van der Waals surface area contributed by atoms with Crippen LogP contribution in [-0.2, 0) is 4.79 Å². The minimum atomic E-state index is -0.261. The Kier molecular flexibility index (Phi) is 3.87. The molecule has 6 nitrogen and oxygen atoms in total. The molecule has 0 unspecified atom stereocenters. The molecule has 0 bridgehead atoms. The van der Waals surface area contributed by atoms with Gasteiger partial charge in [0.15, 0.2) is 0 Å². The Morgan fingerprint density at radius 3 is 2.65 bits per heavy atom. The molecule has 3 N–H and O–H groups in total. The summed E-state index contributed by atoms with van der Waals surface area (Å²) in [7, 11) is 0. The van der Waals surface area contributed by atoms with Crippen LogP contribution >= 0.6 is 0 Å². The van der Waals surface area contributed by atoms with Crippen LogP contribution in [0.5, 0.6) is 0 Å². The second-order valence-corrected chi connectivity index (χ2v) is 4.23. The molecule has 1 aromatic rings. The second-order valence-electron chi connectivity index (χ2n) is 4.23. The van der Waals surface area contributed by atoms with Crippen LogP contribution in [-0.4, -0.2) is 46.5 Å². The fourth-order valence-corrected chi connectivity index (χ4v) is 2.01. The molecule has 1 amide bonds. The number of amides is 1. The average Bonchev–Trinajstić information content (AvgIpc) is 2.32. The highest BCUT2D eigenvalue weighted by molar-refractivity contribution is 5.75. The number of aromatic nitrogens is 2. The van der Waals surface area contributed by atoms with E-state index in [0.29, 0.717) is 18.5 Å². The summed E-state index contributed by atoms with van der Waals surface area (Å²) in [5.74, 6) is 0.406. The van der Waals surface area contributed by atoms with Gasteiger partial charge in [0.25, 0.3) is 0 Å². The fourth-order valence-electron chi connectivity index (χ4n) is 2.01. The van der Waals surface area contributed by atoms with Gasteiger partial charge < -0.3 is 11.1 Å². The largest absolute Gasteiger partial charge is 0.369 e. The Hall–Kier alpha value is -1.69. The third-order valence-corrected chi connectivity index (χ3v) is 2.87. The van der Waals surface area contributed by atoms with E-state index in [1.54, 1.807) is 18.5 Å². The van der Waals surface area contributed by atoms with Crippen LogP contribution in [0.25, 0.3) is 0 Å². The van der Waals surface area contributed by atoms with E-state index in [9.17, 15) is 4.79 Å². The molecule has 1 aromatic heterocycles. The molecule has 0 radical (unpaired) electrons. The Bertz CT molecular complexity index is 361. The molecule has 2 rings (SSSR count). The molecule has 1 aliphatic rings. The summed E-state index contributed by atoms with van der Waals surface area (Å²) in [4.78, 5) is 21.1. The predicted octanol–water partition coefficient (Wildman–Crippen LogP) is -0.162. The van der Waals surface area contributed by atoms with Crippen LogP contribution in [0.1, 0.15) is 12.8 Å². The van der Waals surface area contributed by atoms with Gasteiger partial charge in [0.05, 0.1) is 6.54 Å². The van der Waals surface area contributed by atoms with Gasteiger partial charge in [-0.05, 0) is 18.9 Å². The summed E-state index contributed by atoms with van der Waals surface area (Å²) >= 11 is 0. The first kappa shape index (κ1) is 11.8. The maximum absolute atomic E-state index is 10.8. The van der Waals surface area contributed by atoms with E-state index in [0.717, 1.165) is 25.9 Å². The minimum Gasteiger partial charge on any atom is -0.369 e. The Morgan fingerprint density at radius 2 is 2.06 bits per heavy atom. The highest BCUT2D eigenvalue weighted by Gasteiger charge is 2.20. The van der Waals surface area contributed by atoms with Crippen molar-refractivity contribution in [2.24, 2.45) is 5.73 Å². The van der Waals surface area contributed by atoms with Crippen molar-refractivity contribution < 1.29 is 4.79 Å². The Balaban J connectivity index is 1.78. The van der Waals surface area contributed by atoms with E-state index < -0.39 is 0 Å². The minimum absolute atomic E-state index is 0.261. The lowest BCUT2D eigenvalue weighted by molar-refractivity contribution is -0.119. The van der Waals surface area contributed by atoms with Gasteiger partial charge in [0.1, 0.15) is 0 Å². The smallest absolute Gasteiger partial charge is 0.231 e. The summed E-state index contributed by atoms with van der Waals surface area (Å²) in [6, 6.07) is 2.17. The number of carbonyl (C=O) groups excluding carboxylic acids is 1. The summed E-state index contributed by atoms with van der Waals surface area (Å²) in [5.41, 5.74) is 5.17. The number of piperidine rings is 1. The number of hydrogen-bond acceptors (Lipinski definition) is 5. The van der Waals surface area contributed by atoms with Crippen molar-refractivity contribution in [1.82, 2.24) is 14.9 Å². The van der Waals surface area contributed by atoms with Gasteiger partial charge in [0, 0.05) is 31.5 Å². The van der Waals surface area contributed by atoms with Crippen molar-refractivity contribution in [2.75, 3.05) is 25.0 Å². The first-order valence-corrected chi connectivity index (χ1v) is 5.78. The first-order chi connectivity index (χ1) is 8.24. The normalized spacial score (nSPS) is 17.9. The van der Waals surface area contributed by atoms with Crippen LogP contribution in [0.2, 0.25) is 0 Å². The number of nitrogens with two attached hydrogens (primary N) is 1. The predicted molar refractivity (Wildman–Crippen MR) is 64.3 cm³/mol. The van der Waals surface area contributed by atoms with Crippen molar-refractivity contribution in [3.05, 3.63) is 18.5 Å². The van der Waals surface area contributed by atoms with Gasteiger partial charge >= 0.3 is 0 Å². The average molecular weight is 235 g/mol. The molecular weight excluding hydrogens is 218 g/mol. The van der Waals surface area contributed by atoms with Gasteiger partial charge in [-0.25, -0.2) is 9.97 Å². The number of carbonyl (C=O) groups is 1. The molecule has 92 valence electrons. The lowest BCUT2D eigenvalue weighted by Gasteiger charge is -2.31. The van der Waals surface area contributed by atoms with Crippen molar-refractivity contribution in [2.45, 2.75) is 18.9 Å². The van der Waals surface area contributed by atoms with Crippen molar-refractivity contribution in [1.29, 1.82) is 0 Å². The molecular formula is C11H17N5O. The molecule has 17 heavy (non-hydrogen) atoms. The maximum Gasteiger partial charge on any atom is 0.231 e. The zero-order valence-electron chi connectivity index (χ0n) is 9.67. The van der Waals surface area contributed by atoms with Crippen LogP contribution in [0.15, 0.2) is 18.5 Å². The zero-order valence-corrected chi connectivity index (χ0v) is 9.67. The quantitative estimate of drug-likeness (QED) is 0.757. The molecule has 0 saturated carbocycles. The third-order valence-electron chi connectivity index (χ3n) is 2.87.